The van der Waals surface area contributed by atoms with Gasteiger partial charge in [0, 0.05) is 7.11 Å². The van der Waals surface area contributed by atoms with Crippen molar-refractivity contribution in [3.05, 3.63) is 0 Å². The summed E-state index contributed by atoms with van der Waals surface area (Å²) in [7, 11) is 1.77. The largest absolute Gasteiger partial charge is 0.381 e. The second-order valence-corrected chi connectivity index (χ2v) is 2.74. The molecule has 0 aliphatic carbocycles. The summed E-state index contributed by atoms with van der Waals surface area (Å²) in [5.41, 5.74) is 5.42. The van der Waals surface area contributed by atoms with Crippen molar-refractivity contribution in [1.29, 1.82) is 0 Å². The van der Waals surface area contributed by atoms with E-state index in [2.05, 4.69) is 13.8 Å². The average Bonchev–Trinajstić information content (AvgIpc) is 1.91. The van der Waals surface area contributed by atoms with E-state index in [1.807, 2.05) is 0 Å². The minimum atomic E-state index is 0.392. The fourth-order valence-corrected chi connectivity index (χ4v) is 1.25. The molecule has 0 bridgehead atoms. The van der Waals surface area contributed by atoms with Crippen LogP contribution in [0.3, 0.4) is 0 Å². The van der Waals surface area contributed by atoms with Gasteiger partial charge in [-0.2, -0.15) is 0 Å². The molecule has 0 amide bonds. The number of nitrogens with two attached hydrogens (primary N) is 1. The number of rotatable bonds is 5. The smallest absolute Gasteiger partial charge is 0.0594 e. The van der Waals surface area contributed by atoms with Gasteiger partial charge in [-0.3, -0.25) is 0 Å². The summed E-state index contributed by atoms with van der Waals surface area (Å²) < 4.78 is 5.26. The van der Waals surface area contributed by atoms with Crippen LogP contribution < -0.4 is 5.73 Å². The highest BCUT2D eigenvalue weighted by Crippen LogP contribution is 2.12. The SMILES string of the molecule is CCC(OC)C(C)CCN. The molecular formula is C8H19NO. The second kappa shape index (κ2) is 5.69. The third kappa shape index (κ3) is 3.18. The summed E-state index contributed by atoms with van der Waals surface area (Å²) in [6, 6.07) is 0. The fraction of sp³-hybridized carbons (Fsp3) is 1.00. The Morgan fingerprint density at radius 1 is 1.50 bits per heavy atom. The minimum absolute atomic E-state index is 0.392. The van der Waals surface area contributed by atoms with E-state index in [0.717, 1.165) is 19.4 Å². The van der Waals surface area contributed by atoms with E-state index in [1.165, 1.54) is 0 Å². The topological polar surface area (TPSA) is 35.2 Å². The highest BCUT2D eigenvalue weighted by molar-refractivity contribution is 4.64. The Bertz CT molecular complexity index is 71.7. The van der Waals surface area contributed by atoms with Crippen molar-refractivity contribution >= 4 is 0 Å². The predicted octanol–water partition coefficient (Wildman–Crippen LogP) is 1.40. The monoisotopic (exact) mass is 145 g/mol. The molecule has 0 rings (SSSR count). The van der Waals surface area contributed by atoms with Gasteiger partial charge in [-0.25, -0.2) is 0 Å². The van der Waals surface area contributed by atoms with Gasteiger partial charge in [0.15, 0.2) is 0 Å². The van der Waals surface area contributed by atoms with Gasteiger partial charge in [0.1, 0.15) is 0 Å². The Labute approximate surface area is 63.7 Å². The summed E-state index contributed by atoms with van der Waals surface area (Å²) in [5, 5.41) is 0. The Hall–Kier alpha value is -0.0800. The summed E-state index contributed by atoms with van der Waals surface area (Å²) in [4.78, 5) is 0. The van der Waals surface area contributed by atoms with Crippen LogP contribution in [0.2, 0.25) is 0 Å². The van der Waals surface area contributed by atoms with Gasteiger partial charge in [-0.05, 0) is 25.3 Å². The third-order valence-electron chi connectivity index (χ3n) is 1.96. The maximum absolute atomic E-state index is 5.42. The lowest BCUT2D eigenvalue weighted by Crippen LogP contribution is -2.21. The Morgan fingerprint density at radius 3 is 2.40 bits per heavy atom. The molecule has 0 aromatic heterocycles. The van der Waals surface area contributed by atoms with E-state index in [4.69, 9.17) is 10.5 Å². The van der Waals surface area contributed by atoms with E-state index >= 15 is 0 Å². The lowest BCUT2D eigenvalue weighted by atomic mass is 9.99. The lowest BCUT2D eigenvalue weighted by Gasteiger charge is -2.20. The molecule has 0 aromatic rings. The molecule has 10 heavy (non-hydrogen) atoms. The van der Waals surface area contributed by atoms with Crippen LogP contribution in [0.5, 0.6) is 0 Å². The van der Waals surface area contributed by atoms with E-state index in [9.17, 15) is 0 Å². The van der Waals surface area contributed by atoms with Gasteiger partial charge in [-0.1, -0.05) is 13.8 Å². The van der Waals surface area contributed by atoms with Crippen molar-refractivity contribution in [1.82, 2.24) is 0 Å². The Kier molecular flexibility index (Phi) is 5.64. The highest BCUT2D eigenvalue weighted by Gasteiger charge is 2.12. The van der Waals surface area contributed by atoms with Gasteiger partial charge in [0.05, 0.1) is 6.10 Å². The summed E-state index contributed by atoms with van der Waals surface area (Å²) >= 11 is 0. The molecule has 2 heteroatoms. The predicted molar refractivity (Wildman–Crippen MR) is 43.9 cm³/mol. The molecule has 0 aromatic carbocycles. The zero-order valence-electron chi connectivity index (χ0n) is 7.26. The molecule has 62 valence electrons. The first-order chi connectivity index (χ1) is 4.76. The number of hydrogen-bond acceptors (Lipinski definition) is 2. The van der Waals surface area contributed by atoms with E-state index in [-0.39, 0.29) is 0 Å². The standard InChI is InChI=1S/C8H19NO/c1-4-8(10-3)7(2)5-6-9/h7-8H,4-6,9H2,1-3H3. The van der Waals surface area contributed by atoms with Crippen LogP contribution >= 0.6 is 0 Å². The van der Waals surface area contributed by atoms with Gasteiger partial charge >= 0.3 is 0 Å². The molecule has 0 radical (unpaired) electrons. The van der Waals surface area contributed by atoms with E-state index < -0.39 is 0 Å². The molecule has 0 aliphatic rings. The van der Waals surface area contributed by atoms with Crippen LogP contribution in [-0.4, -0.2) is 19.8 Å². The van der Waals surface area contributed by atoms with Crippen molar-refractivity contribution in [2.24, 2.45) is 11.7 Å². The Balaban J connectivity index is 3.53. The molecule has 0 spiro atoms. The van der Waals surface area contributed by atoms with Gasteiger partial charge in [0.2, 0.25) is 0 Å². The normalized spacial score (nSPS) is 16.8. The zero-order valence-corrected chi connectivity index (χ0v) is 7.26. The van der Waals surface area contributed by atoms with Crippen LogP contribution in [0.25, 0.3) is 0 Å². The van der Waals surface area contributed by atoms with Crippen LogP contribution in [0.1, 0.15) is 26.7 Å². The lowest BCUT2D eigenvalue weighted by molar-refractivity contribution is 0.0534. The molecular weight excluding hydrogens is 126 g/mol. The molecule has 0 fully saturated rings. The van der Waals surface area contributed by atoms with Crippen LogP contribution in [0, 0.1) is 5.92 Å². The second-order valence-electron chi connectivity index (χ2n) is 2.74. The molecule has 0 saturated carbocycles. The van der Waals surface area contributed by atoms with Crippen molar-refractivity contribution in [3.63, 3.8) is 0 Å². The maximum atomic E-state index is 5.42. The third-order valence-corrected chi connectivity index (χ3v) is 1.96. The first kappa shape index (κ1) is 9.92. The maximum Gasteiger partial charge on any atom is 0.0594 e. The van der Waals surface area contributed by atoms with Gasteiger partial charge in [0.25, 0.3) is 0 Å². The van der Waals surface area contributed by atoms with Crippen LogP contribution in [-0.2, 0) is 4.74 Å². The van der Waals surface area contributed by atoms with Crippen molar-refractivity contribution in [2.45, 2.75) is 32.8 Å². The van der Waals surface area contributed by atoms with E-state index in [1.54, 1.807) is 7.11 Å². The minimum Gasteiger partial charge on any atom is -0.381 e. The number of methoxy groups -OCH3 is 1. The summed E-state index contributed by atoms with van der Waals surface area (Å²) in [5.74, 6) is 0.597. The summed E-state index contributed by atoms with van der Waals surface area (Å²) in [6.07, 6.45) is 2.54. The first-order valence-electron chi connectivity index (χ1n) is 3.99. The number of hydrogen-bond donors (Lipinski definition) is 1. The van der Waals surface area contributed by atoms with Crippen molar-refractivity contribution < 1.29 is 4.74 Å². The molecule has 2 N–H and O–H groups in total. The van der Waals surface area contributed by atoms with Crippen LogP contribution in [0.4, 0.5) is 0 Å². The van der Waals surface area contributed by atoms with Crippen LogP contribution in [0.15, 0.2) is 0 Å². The fourth-order valence-electron chi connectivity index (χ4n) is 1.25. The number of ether oxygens (including phenoxy) is 1. The van der Waals surface area contributed by atoms with Gasteiger partial charge in [-0.15, -0.1) is 0 Å². The van der Waals surface area contributed by atoms with Crippen molar-refractivity contribution in [3.8, 4) is 0 Å². The quantitative estimate of drug-likeness (QED) is 0.634. The molecule has 0 aliphatic heterocycles. The van der Waals surface area contributed by atoms with E-state index in [0.29, 0.717) is 12.0 Å². The molecule has 2 unspecified atom stereocenters. The van der Waals surface area contributed by atoms with Gasteiger partial charge < -0.3 is 10.5 Å². The molecule has 2 atom stereocenters. The first-order valence-corrected chi connectivity index (χ1v) is 3.99. The average molecular weight is 145 g/mol. The Morgan fingerprint density at radius 2 is 2.10 bits per heavy atom. The summed E-state index contributed by atoms with van der Waals surface area (Å²) in [6.45, 7) is 5.09. The highest BCUT2D eigenvalue weighted by atomic mass is 16.5. The molecule has 0 saturated heterocycles. The van der Waals surface area contributed by atoms with Crippen molar-refractivity contribution in [2.75, 3.05) is 13.7 Å². The molecule has 0 heterocycles. The molecule has 2 nitrogen and oxygen atoms in total. The zero-order chi connectivity index (χ0) is 7.98.